The van der Waals surface area contributed by atoms with E-state index in [1.165, 1.54) is 0 Å². The fourth-order valence-electron chi connectivity index (χ4n) is 1.78. The van der Waals surface area contributed by atoms with Crippen LogP contribution in [0.3, 0.4) is 0 Å². The summed E-state index contributed by atoms with van der Waals surface area (Å²) in [5.41, 5.74) is 0.975. The van der Waals surface area contributed by atoms with E-state index in [1.807, 2.05) is 17.8 Å². The molecular formula is C12H15Br2N5O. The van der Waals surface area contributed by atoms with E-state index in [1.54, 1.807) is 17.1 Å². The Kier molecular flexibility index (Phi) is 5.36. The molecule has 0 aliphatic rings. The molecule has 0 radical (unpaired) electrons. The number of halogens is 2. The second-order valence-corrected chi connectivity index (χ2v) is 5.97. The number of carbonyl (C=O) groups excluding carboxylic acids is 1. The van der Waals surface area contributed by atoms with Gasteiger partial charge in [0.2, 0.25) is 5.91 Å². The normalized spacial score (nSPS) is 10.8. The van der Waals surface area contributed by atoms with Gasteiger partial charge in [-0.1, -0.05) is 0 Å². The number of aryl methyl sites for hydroxylation is 2. The van der Waals surface area contributed by atoms with Crippen molar-refractivity contribution >= 4 is 37.8 Å². The lowest BCUT2D eigenvalue weighted by Crippen LogP contribution is -2.25. The predicted molar refractivity (Wildman–Crippen MR) is 82.0 cm³/mol. The minimum absolute atomic E-state index is 0.00706. The van der Waals surface area contributed by atoms with Crippen molar-refractivity contribution in [1.29, 1.82) is 0 Å². The van der Waals surface area contributed by atoms with Crippen molar-refractivity contribution in [3.8, 4) is 0 Å². The van der Waals surface area contributed by atoms with Crippen LogP contribution in [0.5, 0.6) is 0 Å². The maximum absolute atomic E-state index is 11.8. The van der Waals surface area contributed by atoms with Gasteiger partial charge in [0.05, 0.1) is 33.6 Å². The fraction of sp³-hybridized carbons (Fsp3) is 0.417. The van der Waals surface area contributed by atoms with Gasteiger partial charge in [0.15, 0.2) is 0 Å². The first-order valence-electron chi connectivity index (χ1n) is 6.25. The van der Waals surface area contributed by atoms with Gasteiger partial charge in [0.25, 0.3) is 0 Å². The van der Waals surface area contributed by atoms with E-state index in [0.29, 0.717) is 19.5 Å². The van der Waals surface area contributed by atoms with Gasteiger partial charge in [0.1, 0.15) is 0 Å². The number of hydrogen-bond acceptors (Lipinski definition) is 3. The molecule has 8 heteroatoms. The Hall–Kier alpha value is -1.15. The Labute approximate surface area is 133 Å². The molecule has 108 valence electrons. The zero-order valence-corrected chi connectivity index (χ0v) is 14.2. The van der Waals surface area contributed by atoms with Gasteiger partial charge in [-0.05, 0) is 38.8 Å². The van der Waals surface area contributed by atoms with Crippen molar-refractivity contribution in [2.24, 2.45) is 0 Å². The van der Waals surface area contributed by atoms with E-state index < -0.39 is 0 Å². The molecule has 20 heavy (non-hydrogen) atoms. The van der Waals surface area contributed by atoms with E-state index in [-0.39, 0.29) is 5.91 Å². The molecule has 0 saturated heterocycles. The highest BCUT2D eigenvalue weighted by atomic mass is 79.9. The lowest BCUT2D eigenvalue weighted by molar-refractivity contribution is -0.121. The summed E-state index contributed by atoms with van der Waals surface area (Å²) in [6, 6.07) is 0. The maximum Gasteiger partial charge on any atom is 0.222 e. The predicted octanol–water partition coefficient (Wildman–Crippen LogP) is 2.33. The monoisotopic (exact) mass is 403 g/mol. The average molecular weight is 405 g/mol. The Morgan fingerprint density at radius 1 is 1.35 bits per heavy atom. The summed E-state index contributed by atoms with van der Waals surface area (Å²) >= 11 is 6.75. The highest BCUT2D eigenvalue weighted by Crippen LogP contribution is 2.15. The standard InChI is InChI=1S/C12H15Br2N5O/c1-2-19-11(10(14)6-17-19)7-15-12(20)3-4-18-8-9(13)5-16-18/h5-6,8H,2-4,7H2,1H3,(H,15,20). The zero-order valence-electron chi connectivity index (χ0n) is 11.0. The summed E-state index contributed by atoms with van der Waals surface area (Å²) in [7, 11) is 0. The molecule has 0 aliphatic carbocycles. The minimum Gasteiger partial charge on any atom is -0.350 e. The van der Waals surface area contributed by atoms with Crippen LogP contribution in [0.4, 0.5) is 0 Å². The first kappa shape index (κ1) is 15.2. The molecule has 0 aromatic carbocycles. The first-order valence-corrected chi connectivity index (χ1v) is 7.83. The van der Waals surface area contributed by atoms with Crippen molar-refractivity contribution in [1.82, 2.24) is 24.9 Å². The van der Waals surface area contributed by atoms with Crippen LogP contribution in [0, 0.1) is 0 Å². The Balaban J connectivity index is 1.81. The molecule has 2 aromatic heterocycles. The summed E-state index contributed by atoms with van der Waals surface area (Å²) < 4.78 is 5.41. The van der Waals surface area contributed by atoms with Crippen LogP contribution in [0.1, 0.15) is 19.0 Å². The second-order valence-electron chi connectivity index (χ2n) is 4.20. The summed E-state index contributed by atoms with van der Waals surface area (Å²) in [6.45, 7) is 3.82. The van der Waals surface area contributed by atoms with Crippen LogP contribution < -0.4 is 5.32 Å². The summed E-state index contributed by atoms with van der Waals surface area (Å²) in [5, 5.41) is 11.2. The van der Waals surface area contributed by atoms with Gasteiger partial charge >= 0.3 is 0 Å². The Morgan fingerprint density at radius 3 is 2.80 bits per heavy atom. The summed E-state index contributed by atoms with van der Waals surface area (Å²) in [6.07, 6.45) is 5.68. The van der Waals surface area contributed by atoms with Crippen LogP contribution in [-0.2, 0) is 24.4 Å². The molecule has 0 spiro atoms. The summed E-state index contributed by atoms with van der Waals surface area (Å²) in [5.74, 6) is -0.00706. The molecule has 2 rings (SSSR count). The second kappa shape index (κ2) is 7.03. The fourth-order valence-corrected chi connectivity index (χ4v) is 2.55. The molecule has 1 N–H and O–H groups in total. The average Bonchev–Trinajstić information content (AvgIpc) is 3.00. The van der Waals surface area contributed by atoms with Crippen LogP contribution >= 0.6 is 31.9 Å². The number of aromatic nitrogens is 4. The molecule has 0 atom stereocenters. The van der Waals surface area contributed by atoms with E-state index in [4.69, 9.17) is 0 Å². The molecule has 2 aromatic rings. The summed E-state index contributed by atoms with van der Waals surface area (Å²) in [4.78, 5) is 11.8. The van der Waals surface area contributed by atoms with Crippen LogP contribution in [0.25, 0.3) is 0 Å². The molecule has 0 saturated carbocycles. The molecule has 0 aliphatic heterocycles. The highest BCUT2D eigenvalue weighted by Gasteiger charge is 2.09. The van der Waals surface area contributed by atoms with Crippen LogP contribution in [0.15, 0.2) is 27.5 Å². The van der Waals surface area contributed by atoms with Crippen molar-refractivity contribution < 1.29 is 4.79 Å². The van der Waals surface area contributed by atoms with Crippen molar-refractivity contribution in [2.75, 3.05) is 0 Å². The lowest BCUT2D eigenvalue weighted by atomic mass is 10.3. The van der Waals surface area contributed by atoms with Gasteiger partial charge in [-0.3, -0.25) is 14.2 Å². The van der Waals surface area contributed by atoms with E-state index >= 15 is 0 Å². The van der Waals surface area contributed by atoms with Gasteiger partial charge < -0.3 is 5.32 Å². The number of amides is 1. The molecule has 0 unspecified atom stereocenters. The van der Waals surface area contributed by atoms with Crippen molar-refractivity contribution in [2.45, 2.75) is 33.0 Å². The zero-order chi connectivity index (χ0) is 14.5. The number of carbonyl (C=O) groups is 1. The van der Waals surface area contributed by atoms with Gasteiger partial charge in [-0.25, -0.2) is 0 Å². The number of rotatable bonds is 6. The molecule has 2 heterocycles. The SMILES string of the molecule is CCn1ncc(Br)c1CNC(=O)CCn1cc(Br)cn1. The minimum atomic E-state index is -0.00706. The number of hydrogen-bond donors (Lipinski definition) is 1. The third-order valence-electron chi connectivity index (χ3n) is 2.82. The molecule has 1 amide bonds. The lowest BCUT2D eigenvalue weighted by Gasteiger charge is -2.08. The highest BCUT2D eigenvalue weighted by molar-refractivity contribution is 9.10. The first-order chi connectivity index (χ1) is 9.60. The topological polar surface area (TPSA) is 64.7 Å². The molecule has 0 fully saturated rings. The van der Waals surface area contributed by atoms with E-state index in [2.05, 4.69) is 47.4 Å². The van der Waals surface area contributed by atoms with E-state index in [9.17, 15) is 4.79 Å². The van der Waals surface area contributed by atoms with Crippen LogP contribution in [0.2, 0.25) is 0 Å². The largest absolute Gasteiger partial charge is 0.350 e. The van der Waals surface area contributed by atoms with Crippen molar-refractivity contribution in [3.63, 3.8) is 0 Å². The number of nitrogens with one attached hydrogen (secondary N) is 1. The number of nitrogens with zero attached hydrogens (tertiary/aromatic N) is 4. The van der Waals surface area contributed by atoms with Gasteiger partial charge in [-0.15, -0.1) is 0 Å². The maximum atomic E-state index is 11.8. The third-order valence-corrected chi connectivity index (χ3v) is 3.89. The third kappa shape index (κ3) is 3.92. The Morgan fingerprint density at radius 2 is 2.15 bits per heavy atom. The van der Waals surface area contributed by atoms with Crippen molar-refractivity contribution in [3.05, 3.63) is 33.2 Å². The van der Waals surface area contributed by atoms with Gasteiger partial charge in [-0.2, -0.15) is 10.2 Å². The van der Waals surface area contributed by atoms with Crippen LogP contribution in [-0.4, -0.2) is 25.5 Å². The Bertz CT molecular complexity index is 592. The molecular weight excluding hydrogens is 390 g/mol. The van der Waals surface area contributed by atoms with E-state index in [0.717, 1.165) is 21.2 Å². The quantitative estimate of drug-likeness (QED) is 0.803. The molecule has 6 nitrogen and oxygen atoms in total. The molecule has 0 bridgehead atoms. The smallest absolute Gasteiger partial charge is 0.222 e. The van der Waals surface area contributed by atoms with Gasteiger partial charge in [0, 0.05) is 25.7 Å².